The van der Waals surface area contributed by atoms with E-state index in [0.717, 1.165) is 6.04 Å². The first-order chi connectivity index (χ1) is 6.72. The molecule has 0 fully saturated rings. The van der Waals surface area contributed by atoms with Crippen LogP contribution in [0.2, 0.25) is 0 Å². The molecule has 0 aliphatic carbocycles. The molecule has 0 aromatic heterocycles. The zero-order valence-corrected chi connectivity index (χ0v) is 10.7. The summed E-state index contributed by atoms with van der Waals surface area (Å²) in [6, 6.07) is 0.770. The third kappa shape index (κ3) is 7.37. The smallest absolute Gasteiger partial charge is 0.00637 e. The first-order valence-corrected chi connectivity index (χ1v) is 6.42. The Bertz CT molecular complexity index is 112. The van der Waals surface area contributed by atoms with Gasteiger partial charge in [0.1, 0.15) is 0 Å². The van der Waals surface area contributed by atoms with E-state index in [1.54, 1.807) is 0 Å². The Labute approximate surface area is 90.9 Å². The van der Waals surface area contributed by atoms with Gasteiger partial charge in [0.15, 0.2) is 0 Å². The molecule has 0 amide bonds. The lowest BCUT2D eigenvalue weighted by atomic mass is 10.1. The molecule has 0 aromatic carbocycles. The molecule has 0 aliphatic rings. The van der Waals surface area contributed by atoms with E-state index in [4.69, 9.17) is 0 Å². The molecule has 1 heteroatoms. The highest BCUT2D eigenvalue weighted by Crippen LogP contribution is 2.10. The van der Waals surface area contributed by atoms with Crippen LogP contribution in [0.5, 0.6) is 0 Å². The van der Waals surface area contributed by atoms with E-state index in [0.29, 0.717) is 0 Å². The second kappa shape index (κ2) is 9.51. The third-order valence-corrected chi connectivity index (χ3v) is 3.23. The highest BCUT2D eigenvalue weighted by molar-refractivity contribution is 4.61. The minimum absolute atomic E-state index is 0.770. The summed E-state index contributed by atoms with van der Waals surface area (Å²) in [6.07, 6.45) is 9.87. The summed E-state index contributed by atoms with van der Waals surface area (Å²) in [4.78, 5) is 2.44. The zero-order valence-electron chi connectivity index (χ0n) is 10.7. The van der Waals surface area contributed by atoms with E-state index in [1.807, 2.05) is 0 Å². The summed E-state index contributed by atoms with van der Waals surface area (Å²) in [6.45, 7) is 8.03. The lowest BCUT2D eigenvalue weighted by Gasteiger charge is -2.22. The molecule has 86 valence electrons. The standard InChI is InChI=1S/C13H29N/c1-5-7-8-9-10-11-12-13(3)14(4)6-2/h13H,5-12H2,1-4H3. The Kier molecular flexibility index (Phi) is 9.49. The van der Waals surface area contributed by atoms with Gasteiger partial charge in [0.25, 0.3) is 0 Å². The Morgan fingerprint density at radius 1 is 0.929 bits per heavy atom. The van der Waals surface area contributed by atoms with Crippen molar-refractivity contribution in [1.82, 2.24) is 4.90 Å². The SMILES string of the molecule is CCCCCCCCC(C)N(C)CC. The summed E-state index contributed by atoms with van der Waals surface area (Å²) in [5, 5.41) is 0. The lowest BCUT2D eigenvalue weighted by molar-refractivity contribution is 0.253. The van der Waals surface area contributed by atoms with Gasteiger partial charge in [-0.25, -0.2) is 0 Å². The van der Waals surface area contributed by atoms with E-state index < -0.39 is 0 Å². The van der Waals surface area contributed by atoms with Crippen molar-refractivity contribution >= 4 is 0 Å². The van der Waals surface area contributed by atoms with Gasteiger partial charge in [-0.2, -0.15) is 0 Å². The maximum absolute atomic E-state index is 2.44. The first kappa shape index (κ1) is 14.0. The average molecular weight is 199 g/mol. The fraction of sp³-hybridized carbons (Fsp3) is 1.00. The van der Waals surface area contributed by atoms with Gasteiger partial charge in [0.2, 0.25) is 0 Å². The van der Waals surface area contributed by atoms with Crippen LogP contribution in [-0.2, 0) is 0 Å². The molecule has 0 saturated heterocycles. The summed E-state index contributed by atoms with van der Waals surface area (Å²) in [5.41, 5.74) is 0. The minimum atomic E-state index is 0.770. The monoisotopic (exact) mass is 199 g/mol. The van der Waals surface area contributed by atoms with Crippen LogP contribution in [0.15, 0.2) is 0 Å². The molecule has 1 unspecified atom stereocenters. The van der Waals surface area contributed by atoms with Crippen molar-refractivity contribution in [2.45, 2.75) is 71.8 Å². The normalized spacial score (nSPS) is 13.5. The Hall–Kier alpha value is -0.0400. The predicted octanol–water partition coefficient (Wildman–Crippen LogP) is 4.08. The van der Waals surface area contributed by atoms with Gasteiger partial charge < -0.3 is 4.90 Å². The van der Waals surface area contributed by atoms with Crippen LogP contribution < -0.4 is 0 Å². The number of rotatable bonds is 9. The third-order valence-electron chi connectivity index (χ3n) is 3.23. The maximum atomic E-state index is 2.44. The Morgan fingerprint density at radius 3 is 2.07 bits per heavy atom. The quantitative estimate of drug-likeness (QED) is 0.506. The van der Waals surface area contributed by atoms with Crippen LogP contribution in [0, 0.1) is 0 Å². The van der Waals surface area contributed by atoms with Gasteiger partial charge in [-0.15, -0.1) is 0 Å². The molecule has 0 rings (SSSR count). The van der Waals surface area contributed by atoms with E-state index in [2.05, 4.69) is 32.7 Å². The summed E-state index contributed by atoms with van der Waals surface area (Å²) >= 11 is 0. The molecule has 1 nitrogen and oxygen atoms in total. The van der Waals surface area contributed by atoms with E-state index >= 15 is 0 Å². The first-order valence-electron chi connectivity index (χ1n) is 6.42. The molecule has 1 atom stereocenters. The molecule has 0 saturated carbocycles. The molecule has 0 spiro atoms. The van der Waals surface area contributed by atoms with Crippen LogP contribution in [0.1, 0.15) is 65.7 Å². The molecular formula is C13H29N. The number of hydrogen-bond acceptors (Lipinski definition) is 1. The van der Waals surface area contributed by atoms with Crippen LogP contribution in [0.4, 0.5) is 0 Å². The van der Waals surface area contributed by atoms with Crippen LogP contribution in [0.3, 0.4) is 0 Å². The molecular weight excluding hydrogens is 170 g/mol. The molecule has 0 heterocycles. The zero-order chi connectivity index (χ0) is 10.8. The predicted molar refractivity (Wildman–Crippen MR) is 65.8 cm³/mol. The Morgan fingerprint density at radius 2 is 1.50 bits per heavy atom. The van der Waals surface area contributed by atoms with Crippen molar-refractivity contribution in [1.29, 1.82) is 0 Å². The van der Waals surface area contributed by atoms with Crippen molar-refractivity contribution in [3.8, 4) is 0 Å². The number of nitrogens with zero attached hydrogens (tertiary/aromatic N) is 1. The fourth-order valence-electron chi connectivity index (χ4n) is 1.75. The minimum Gasteiger partial charge on any atom is -0.304 e. The van der Waals surface area contributed by atoms with Gasteiger partial charge in [0, 0.05) is 6.04 Å². The molecule has 0 aliphatic heterocycles. The van der Waals surface area contributed by atoms with Gasteiger partial charge in [-0.1, -0.05) is 52.4 Å². The largest absolute Gasteiger partial charge is 0.304 e. The fourth-order valence-corrected chi connectivity index (χ4v) is 1.75. The Balaban J connectivity index is 3.18. The van der Waals surface area contributed by atoms with E-state index in [1.165, 1.54) is 51.5 Å². The highest BCUT2D eigenvalue weighted by atomic mass is 15.1. The molecule has 14 heavy (non-hydrogen) atoms. The van der Waals surface area contributed by atoms with Gasteiger partial charge in [0.05, 0.1) is 0 Å². The molecule has 0 bridgehead atoms. The van der Waals surface area contributed by atoms with Crippen molar-refractivity contribution < 1.29 is 0 Å². The average Bonchev–Trinajstić information content (AvgIpc) is 2.21. The summed E-state index contributed by atoms with van der Waals surface area (Å²) < 4.78 is 0. The van der Waals surface area contributed by atoms with E-state index in [-0.39, 0.29) is 0 Å². The van der Waals surface area contributed by atoms with Crippen molar-refractivity contribution in [3.05, 3.63) is 0 Å². The number of hydrogen-bond donors (Lipinski definition) is 0. The summed E-state index contributed by atoms with van der Waals surface area (Å²) in [5.74, 6) is 0. The second-order valence-corrected chi connectivity index (χ2v) is 4.48. The van der Waals surface area contributed by atoms with E-state index in [9.17, 15) is 0 Å². The molecule has 0 aromatic rings. The van der Waals surface area contributed by atoms with Crippen LogP contribution in [0.25, 0.3) is 0 Å². The van der Waals surface area contributed by atoms with Crippen molar-refractivity contribution in [3.63, 3.8) is 0 Å². The van der Waals surface area contributed by atoms with Gasteiger partial charge in [-0.3, -0.25) is 0 Å². The van der Waals surface area contributed by atoms with Gasteiger partial charge >= 0.3 is 0 Å². The topological polar surface area (TPSA) is 3.24 Å². The highest BCUT2D eigenvalue weighted by Gasteiger charge is 2.05. The van der Waals surface area contributed by atoms with Crippen molar-refractivity contribution in [2.24, 2.45) is 0 Å². The lowest BCUT2D eigenvalue weighted by Crippen LogP contribution is -2.28. The molecule has 0 N–H and O–H groups in total. The van der Waals surface area contributed by atoms with Crippen LogP contribution in [-0.4, -0.2) is 24.5 Å². The van der Waals surface area contributed by atoms with Crippen LogP contribution >= 0.6 is 0 Å². The maximum Gasteiger partial charge on any atom is 0.00637 e. The number of unbranched alkanes of at least 4 members (excludes halogenated alkanes) is 5. The second-order valence-electron chi connectivity index (χ2n) is 4.48. The summed E-state index contributed by atoms with van der Waals surface area (Å²) in [7, 11) is 2.22. The van der Waals surface area contributed by atoms with Crippen molar-refractivity contribution in [2.75, 3.05) is 13.6 Å². The van der Waals surface area contributed by atoms with Gasteiger partial charge in [-0.05, 0) is 26.9 Å². The molecule has 0 radical (unpaired) electrons.